The van der Waals surface area contributed by atoms with Crippen LogP contribution in [0.2, 0.25) is 0 Å². The molecule has 1 fully saturated rings. The highest BCUT2D eigenvalue weighted by molar-refractivity contribution is 5.85. The number of carbonyl (C=O) groups excluding carboxylic acids is 1. The summed E-state index contributed by atoms with van der Waals surface area (Å²) in [5.41, 5.74) is -4.57. The van der Waals surface area contributed by atoms with Crippen LogP contribution < -0.4 is 0 Å². The Morgan fingerprint density at radius 3 is 2.57 bits per heavy atom. The average Bonchev–Trinajstić information content (AvgIpc) is 2.31. The fourth-order valence-corrected chi connectivity index (χ4v) is 3.36. The molecule has 1 aliphatic heterocycles. The van der Waals surface area contributed by atoms with E-state index in [2.05, 4.69) is 0 Å². The van der Waals surface area contributed by atoms with Crippen molar-refractivity contribution in [1.82, 2.24) is 0 Å². The van der Waals surface area contributed by atoms with Crippen molar-refractivity contribution < 1.29 is 29.6 Å². The lowest BCUT2D eigenvalue weighted by Gasteiger charge is -2.55. The average molecular weight is 296 g/mol. The predicted octanol–water partition coefficient (Wildman–Crippen LogP) is 0.781. The molecule has 1 heterocycles. The standard InChI is InChI=1S/C15H20O6/c1-9-4-5-15(20)13(2,12(18)19)7-10(16)8-14(15,3)21-11(17)6-9/h4-6,10,16,20H,7-8H2,1-3H3,(H,18,19)/t10-,13+,14+,15-/m1/s1. The van der Waals surface area contributed by atoms with E-state index in [0.29, 0.717) is 5.57 Å². The lowest BCUT2D eigenvalue weighted by atomic mass is 9.56. The first kappa shape index (κ1) is 15.7. The highest BCUT2D eigenvalue weighted by Gasteiger charge is 2.67. The van der Waals surface area contributed by atoms with Gasteiger partial charge in [0.15, 0.2) is 0 Å². The molecule has 3 N–H and O–H groups in total. The van der Waals surface area contributed by atoms with Crippen molar-refractivity contribution in [2.24, 2.45) is 5.41 Å². The maximum absolute atomic E-state index is 11.9. The molecule has 0 saturated heterocycles. The van der Waals surface area contributed by atoms with E-state index in [0.717, 1.165) is 0 Å². The van der Waals surface area contributed by atoms with Gasteiger partial charge in [0.2, 0.25) is 0 Å². The van der Waals surface area contributed by atoms with E-state index in [1.165, 1.54) is 32.1 Å². The zero-order valence-corrected chi connectivity index (χ0v) is 12.3. The molecule has 4 atom stereocenters. The molecule has 21 heavy (non-hydrogen) atoms. The Hall–Kier alpha value is -1.66. The second kappa shape index (κ2) is 4.68. The number of carboxylic acids is 1. The van der Waals surface area contributed by atoms with E-state index >= 15 is 0 Å². The molecule has 6 nitrogen and oxygen atoms in total. The Bertz CT molecular complexity index is 550. The SMILES string of the molecule is CC1=CC(=O)O[C@@]2(C)C[C@H](O)C[C@@](C)(C(=O)O)[C@]2(O)C=C1. The van der Waals surface area contributed by atoms with Gasteiger partial charge in [0.05, 0.1) is 6.10 Å². The van der Waals surface area contributed by atoms with Crippen molar-refractivity contribution in [1.29, 1.82) is 0 Å². The number of hydrogen-bond acceptors (Lipinski definition) is 5. The maximum atomic E-state index is 11.9. The second-order valence-electron chi connectivity index (χ2n) is 6.34. The minimum absolute atomic E-state index is 0.0324. The summed E-state index contributed by atoms with van der Waals surface area (Å²) in [6.45, 7) is 4.46. The van der Waals surface area contributed by atoms with Crippen molar-refractivity contribution >= 4 is 11.9 Å². The summed E-state index contributed by atoms with van der Waals surface area (Å²) in [6.07, 6.45) is 3.00. The fourth-order valence-electron chi connectivity index (χ4n) is 3.36. The van der Waals surface area contributed by atoms with Crippen LogP contribution >= 0.6 is 0 Å². The summed E-state index contributed by atoms with van der Waals surface area (Å²) in [5, 5.41) is 30.7. The zero-order chi connectivity index (χ0) is 16.1. The smallest absolute Gasteiger partial charge is 0.331 e. The number of allylic oxidation sites excluding steroid dienone is 2. The van der Waals surface area contributed by atoms with Crippen molar-refractivity contribution in [3.63, 3.8) is 0 Å². The molecule has 0 aromatic rings. The van der Waals surface area contributed by atoms with Crippen LogP contribution in [-0.2, 0) is 14.3 Å². The van der Waals surface area contributed by atoms with E-state index in [1.807, 2.05) is 0 Å². The van der Waals surface area contributed by atoms with Crippen LogP contribution in [0.15, 0.2) is 23.8 Å². The lowest BCUT2D eigenvalue weighted by Crippen LogP contribution is -2.69. The minimum Gasteiger partial charge on any atom is -0.481 e. The molecule has 0 spiro atoms. The second-order valence-corrected chi connectivity index (χ2v) is 6.34. The van der Waals surface area contributed by atoms with E-state index in [9.17, 15) is 24.9 Å². The summed E-state index contributed by atoms with van der Waals surface area (Å²) in [7, 11) is 0. The monoisotopic (exact) mass is 296 g/mol. The Labute approximate surface area is 122 Å². The largest absolute Gasteiger partial charge is 0.481 e. The summed E-state index contributed by atoms with van der Waals surface area (Å²) < 4.78 is 5.33. The van der Waals surface area contributed by atoms with Gasteiger partial charge in [0.1, 0.15) is 16.6 Å². The highest BCUT2D eigenvalue weighted by atomic mass is 16.6. The number of aliphatic hydroxyl groups is 2. The molecular formula is C15H20O6. The Morgan fingerprint density at radius 2 is 2.00 bits per heavy atom. The highest BCUT2D eigenvalue weighted by Crippen LogP contribution is 2.52. The third-order valence-electron chi connectivity index (χ3n) is 4.65. The molecule has 2 rings (SSSR count). The van der Waals surface area contributed by atoms with Crippen LogP contribution in [0, 0.1) is 5.41 Å². The van der Waals surface area contributed by atoms with Gasteiger partial charge in [-0.3, -0.25) is 4.79 Å². The quantitative estimate of drug-likeness (QED) is 0.618. The van der Waals surface area contributed by atoms with Gasteiger partial charge < -0.3 is 20.1 Å². The van der Waals surface area contributed by atoms with Gasteiger partial charge in [0, 0.05) is 12.5 Å². The first-order valence-electron chi connectivity index (χ1n) is 6.78. The van der Waals surface area contributed by atoms with Crippen molar-refractivity contribution in [3.8, 4) is 0 Å². The van der Waals surface area contributed by atoms with Crippen molar-refractivity contribution in [2.75, 3.05) is 0 Å². The predicted molar refractivity (Wildman–Crippen MR) is 73.3 cm³/mol. The summed E-state index contributed by atoms with van der Waals surface area (Å²) in [5.74, 6) is -1.92. The molecular weight excluding hydrogens is 276 g/mol. The number of aliphatic carboxylic acids is 1. The molecule has 0 radical (unpaired) electrons. The van der Waals surface area contributed by atoms with Gasteiger partial charge in [-0.05, 0) is 38.8 Å². The molecule has 2 aliphatic rings. The fraction of sp³-hybridized carbons (Fsp3) is 0.600. The van der Waals surface area contributed by atoms with Gasteiger partial charge in [-0.25, -0.2) is 4.79 Å². The van der Waals surface area contributed by atoms with Gasteiger partial charge in [-0.15, -0.1) is 0 Å². The molecule has 1 saturated carbocycles. The van der Waals surface area contributed by atoms with E-state index < -0.39 is 34.7 Å². The number of hydrogen-bond donors (Lipinski definition) is 3. The number of carboxylic acid groups (broad SMARTS) is 1. The Balaban J connectivity index is 2.66. The number of carbonyl (C=O) groups is 2. The molecule has 0 bridgehead atoms. The Morgan fingerprint density at radius 1 is 1.38 bits per heavy atom. The number of rotatable bonds is 1. The number of fused-ring (bicyclic) bond motifs is 1. The van der Waals surface area contributed by atoms with Crippen LogP contribution in [0.3, 0.4) is 0 Å². The summed E-state index contributed by atoms with van der Waals surface area (Å²) in [4.78, 5) is 23.6. The summed E-state index contributed by atoms with van der Waals surface area (Å²) >= 11 is 0. The minimum atomic E-state index is -1.92. The van der Waals surface area contributed by atoms with Crippen LogP contribution in [0.25, 0.3) is 0 Å². The topological polar surface area (TPSA) is 104 Å². The molecule has 1 aliphatic carbocycles. The number of esters is 1. The first-order valence-corrected chi connectivity index (χ1v) is 6.78. The Kier molecular flexibility index (Phi) is 3.50. The van der Waals surface area contributed by atoms with Crippen LogP contribution in [0.4, 0.5) is 0 Å². The molecule has 0 unspecified atom stereocenters. The number of ether oxygens (including phenoxy) is 1. The van der Waals surface area contributed by atoms with Crippen molar-refractivity contribution in [3.05, 3.63) is 23.8 Å². The molecule has 0 aromatic heterocycles. The van der Waals surface area contributed by atoms with Crippen LogP contribution in [0.5, 0.6) is 0 Å². The van der Waals surface area contributed by atoms with Gasteiger partial charge in [-0.2, -0.15) is 0 Å². The molecule has 0 amide bonds. The van der Waals surface area contributed by atoms with Crippen LogP contribution in [0.1, 0.15) is 33.6 Å². The normalized spacial score (nSPS) is 43.2. The molecule has 6 heteroatoms. The van der Waals surface area contributed by atoms with Crippen molar-refractivity contribution in [2.45, 2.75) is 50.9 Å². The van der Waals surface area contributed by atoms with E-state index in [1.54, 1.807) is 6.92 Å². The summed E-state index contributed by atoms with van der Waals surface area (Å²) in [6, 6.07) is 0. The number of aliphatic hydroxyl groups excluding tert-OH is 1. The zero-order valence-electron chi connectivity index (χ0n) is 12.3. The van der Waals surface area contributed by atoms with E-state index in [-0.39, 0.29) is 12.8 Å². The van der Waals surface area contributed by atoms with Gasteiger partial charge in [-0.1, -0.05) is 6.08 Å². The maximum Gasteiger partial charge on any atom is 0.331 e. The lowest BCUT2D eigenvalue weighted by molar-refractivity contribution is -0.240. The first-order chi connectivity index (χ1) is 9.54. The third-order valence-corrected chi connectivity index (χ3v) is 4.65. The molecule has 116 valence electrons. The van der Waals surface area contributed by atoms with Gasteiger partial charge >= 0.3 is 11.9 Å². The van der Waals surface area contributed by atoms with Crippen LogP contribution in [-0.4, -0.2) is 44.6 Å². The van der Waals surface area contributed by atoms with E-state index in [4.69, 9.17) is 4.74 Å². The third kappa shape index (κ3) is 2.18. The van der Waals surface area contributed by atoms with Gasteiger partial charge in [0.25, 0.3) is 0 Å². The molecule has 0 aromatic carbocycles.